The topological polar surface area (TPSA) is 57.6 Å². The summed E-state index contributed by atoms with van der Waals surface area (Å²) < 4.78 is 53.9. The Bertz CT molecular complexity index is 613. The second-order valence-corrected chi connectivity index (χ2v) is 7.65. The Hall–Kier alpha value is -1.05. The van der Waals surface area contributed by atoms with Crippen molar-refractivity contribution in [3.05, 3.63) is 29.8 Å². The van der Waals surface area contributed by atoms with E-state index >= 15 is 0 Å². The zero-order valence-corrected chi connectivity index (χ0v) is 13.3. The number of sulfonamides is 1. The predicted octanol–water partition coefficient (Wildman–Crippen LogP) is 2.67. The number of aliphatic hydroxyl groups excluding tert-OH is 1. The van der Waals surface area contributed by atoms with E-state index in [0.717, 1.165) is 35.7 Å². The quantitative estimate of drug-likeness (QED) is 0.901. The highest BCUT2D eigenvalue weighted by Gasteiger charge is 2.35. The summed E-state index contributed by atoms with van der Waals surface area (Å²) in [4.78, 5) is -0.668. The molecule has 1 aromatic rings. The van der Waals surface area contributed by atoms with Gasteiger partial charge in [0.05, 0.1) is 6.10 Å². The van der Waals surface area contributed by atoms with Crippen LogP contribution in [-0.4, -0.2) is 36.5 Å². The summed E-state index contributed by atoms with van der Waals surface area (Å²) in [5.74, 6) is -1.78. The molecule has 1 N–H and O–H groups in total. The fourth-order valence-electron chi connectivity index (χ4n) is 2.87. The van der Waals surface area contributed by atoms with Crippen molar-refractivity contribution in [2.24, 2.45) is 0 Å². The highest BCUT2D eigenvalue weighted by molar-refractivity contribution is 7.89. The minimum absolute atomic E-state index is 0.122. The average molecular weight is 333 g/mol. The molecule has 1 atom stereocenters. The molecule has 1 aliphatic rings. The lowest BCUT2D eigenvalue weighted by molar-refractivity contribution is 0.136. The monoisotopic (exact) mass is 333 g/mol. The van der Waals surface area contributed by atoms with Gasteiger partial charge in [0.1, 0.15) is 16.5 Å². The van der Waals surface area contributed by atoms with Crippen molar-refractivity contribution in [3.8, 4) is 0 Å². The predicted molar refractivity (Wildman–Crippen MR) is 78.8 cm³/mol. The summed E-state index contributed by atoms with van der Waals surface area (Å²) >= 11 is 0. The van der Waals surface area contributed by atoms with Crippen molar-refractivity contribution >= 4 is 10.0 Å². The molecular weight excluding hydrogens is 312 g/mol. The van der Waals surface area contributed by atoms with Crippen molar-refractivity contribution in [1.29, 1.82) is 0 Å². The lowest BCUT2D eigenvalue weighted by Crippen LogP contribution is -2.45. The Balaban J connectivity index is 2.41. The molecule has 0 saturated heterocycles. The van der Waals surface area contributed by atoms with Gasteiger partial charge < -0.3 is 5.11 Å². The van der Waals surface area contributed by atoms with Crippen LogP contribution >= 0.6 is 0 Å². The molecule has 1 fully saturated rings. The molecule has 0 bridgehead atoms. The fraction of sp³-hybridized carbons (Fsp3) is 0.600. The second-order valence-electron chi connectivity index (χ2n) is 5.79. The number of nitrogens with zero attached hydrogens (tertiary/aromatic N) is 1. The summed E-state index contributed by atoms with van der Waals surface area (Å²) in [5, 5.41) is 9.61. The fourth-order valence-corrected chi connectivity index (χ4v) is 4.72. The number of rotatable bonds is 5. The third kappa shape index (κ3) is 3.83. The molecule has 0 aromatic heterocycles. The van der Waals surface area contributed by atoms with Gasteiger partial charge in [-0.2, -0.15) is 4.31 Å². The molecular formula is C15H21F2NO3S. The van der Waals surface area contributed by atoms with E-state index in [9.17, 15) is 22.3 Å². The summed E-state index contributed by atoms with van der Waals surface area (Å²) in [7, 11) is -4.19. The summed E-state index contributed by atoms with van der Waals surface area (Å²) in [6.45, 7) is 1.36. The van der Waals surface area contributed by atoms with Crippen LogP contribution in [0, 0.1) is 11.6 Å². The molecule has 0 spiro atoms. The molecule has 1 aliphatic carbocycles. The molecule has 1 unspecified atom stereocenters. The Morgan fingerprint density at radius 2 is 1.91 bits per heavy atom. The molecule has 4 nitrogen and oxygen atoms in total. The van der Waals surface area contributed by atoms with Crippen molar-refractivity contribution in [2.45, 2.75) is 56.1 Å². The van der Waals surface area contributed by atoms with E-state index in [0.29, 0.717) is 18.9 Å². The van der Waals surface area contributed by atoms with Gasteiger partial charge in [-0.1, -0.05) is 19.3 Å². The van der Waals surface area contributed by atoms with E-state index in [1.54, 1.807) is 0 Å². The van der Waals surface area contributed by atoms with Gasteiger partial charge in [-0.15, -0.1) is 0 Å². The Labute approximate surface area is 129 Å². The zero-order valence-electron chi connectivity index (χ0n) is 12.5. The Morgan fingerprint density at radius 1 is 1.27 bits per heavy atom. The first-order valence-electron chi connectivity index (χ1n) is 7.47. The minimum Gasteiger partial charge on any atom is -0.392 e. The Kier molecular flexibility index (Phi) is 5.52. The summed E-state index contributed by atoms with van der Waals surface area (Å²) in [5.41, 5.74) is 0. The normalized spacial score (nSPS) is 18.6. The first-order chi connectivity index (χ1) is 10.3. The molecule has 22 heavy (non-hydrogen) atoms. The summed E-state index contributed by atoms with van der Waals surface area (Å²) in [6, 6.07) is 2.11. The van der Waals surface area contributed by atoms with E-state index in [2.05, 4.69) is 0 Å². The molecule has 0 radical (unpaired) electrons. The van der Waals surface area contributed by atoms with E-state index < -0.39 is 32.7 Å². The highest BCUT2D eigenvalue weighted by atomic mass is 32.2. The van der Waals surface area contributed by atoms with Crippen LogP contribution in [0.15, 0.2) is 23.1 Å². The van der Waals surface area contributed by atoms with Crippen molar-refractivity contribution in [1.82, 2.24) is 4.31 Å². The van der Waals surface area contributed by atoms with Crippen LogP contribution in [-0.2, 0) is 10.0 Å². The van der Waals surface area contributed by atoms with Crippen molar-refractivity contribution in [3.63, 3.8) is 0 Å². The van der Waals surface area contributed by atoms with E-state index in [1.165, 1.54) is 6.92 Å². The van der Waals surface area contributed by atoms with Crippen LogP contribution in [0.3, 0.4) is 0 Å². The van der Waals surface area contributed by atoms with Crippen molar-refractivity contribution < 1.29 is 22.3 Å². The molecule has 0 aliphatic heterocycles. The second kappa shape index (κ2) is 7.02. The smallest absolute Gasteiger partial charge is 0.246 e. The third-order valence-corrected chi connectivity index (χ3v) is 5.84. The standard InChI is InChI=1S/C15H21F2NO3S/c1-11(19)10-18(13-5-3-2-4-6-13)22(20,21)15-9-12(16)7-8-14(15)17/h7-9,11,13,19H,2-6,10H2,1H3. The zero-order chi connectivity index (χ0) is 16.3. The number of hydrogen-bond acceptors (Lipinski definition) is 3. The van der Waals surface area contributed by atoms with E-state index in [4.69, 9.17) is 0 Å². The van der Waals surface area contributed by atoms with Gasteiger partial charge in [0, 0.05) is 12.6 Å². The number of hydrogen-bond donors (Lipinski definition) is 1. The maximum atomic E-state index is 13.9. The van der Waals surface area contributed by atoms with Gasteiger partial charge in [-0.05, 0) is 38.0 Å². The van der Waals surface area contributed by atoms with E-state index in [1.807, 2.05) is 0 Å². The molecule has 0 heterocycles. The summed E-state index contributed by atoms with van der Waals surface area (Å²) in [6.07, 6.45) is 3.27. The van der Waals surface area contributed by atoms with Gasteiger partial charge in [-0.3, -0.25) is 0 Å². The third-order valence-electron chi connectivity index (χ3n) is 3.91. The van der Waals surface area contributed by atoms with Crippen LogP contribution in [0.25, 0.3) is 0 Å². The Morgan fingerprint density at radius 3 is 2.50 bits per heavy atom. The molecule has 1 saturated carbocycles. The van der Waals surface area contributed by atoms with E-state index in [-0.39, 0.29) is 12.6 Å². The molecule has 2 rings (SSSR count). The highest BCUT2D eigenvalue weighted by Crippen LogP contribution is 2.29. The van der Waals surface area contributed by atoms with Crippen LogP contribution in [0.2, 0.25) is 0 Å². The first kappa shape index (κ1) is 17.3. The maximum absolute atomic E-state index is 13.9. The molecule has 0 amide bonds. The van der Waals surface area contributed by atoms with Crippen LogP contribution in [0.4, 0.5) is 8.78 Å². The maximum Gasteiger partial charge on any atom is 0.246 e. The molecule has 124 valence electrons. The van der Waals surface area contributed by atoms with Crippen molar-refractivity contribution in [2.75, 3.05) is 6.54 Å². The minimum atomic E-state index is -4.19. The molecule has 7 heteroatoms. The van der Waals surface area contributed by atoms with Crippen LogP contribution < -0.4 is 0 Å². The lowest BCUT2D eigenvalue weighted by Gasteiger charge is -2.34. The number of benzene rings is 1. The number of halogens is 2. The average Bonchev–Trinajstić information content (AvgIpc) is 2.47. The van der Waals surface area contributed by atoms with Gasteiger partial charge in [0.2, 0.25) is 10.0 Å². The first-order valence-corrected chi connectivity index (χ1v) is 8.91. The van der Waals surface area contributed by atoms with Crippen LogP contribution in [0.5, 0.6) is 0 Å². The largest absolute Gasteiger partial charge is 0.392 e. The number of aliphatic hydroxyl groups is 1. The van der Waals surface area contributed by atoms with Gasteiger partial charge in [0.25, 0.3) is 0 Å². The van der Waals surface area contributed by atoms with Gasteiger partial charge in [-0.25, -0.2) is 17.2 Å². The van der Waals surface area contributed by atoms with Gasteiger partial charge in [0.15, 0.2) is 0 Å². The SMILES string of the molecule is CC(O)CN(C1CCCCC1)S(=O)(=O)c1cc(F)ccc1F. The molecule has 1 aromatic carbocycles. The van der Waals surface area contributed by atoms with Crippen LogP contribution in [0.1, 0.15) is 39.0 Å². The van der Waals surface area contributed by atoms with Gasteiger partial charge >= 0.3 is 0 Å². The lowest BCUT2D eigenvalue weighted by atomic mass is 9.95.